The molecule has 2 unspecified atom stereocenters. The van der Waals surface area contributed by atoms with Crippen LogP contribution in [-0.2, 0) is 4.74 Å². The van der Waals surface area contributed by atoms with Gasteiger partial charge in [-0.25, -0.2) is 0 Å². The first-order valence-electron chi connectivity index (χ1n) is 6.48. The van der Waals surface area contributed by atoms with Crippen LogP contribution in [0, 0.1) is 0 Å². The average Bonchev–Trinajstić information content (AvgIpc) is 2.92. The molecule has 1 aliphatic heterocycles. The number of anilines is 1. The maximum absolute atomic E-state index is 12.2. The van der Waals surface area contributed by atoms with Crippen molar-refractivity contribution in [3.8, 4) is 5.75 Å². The number of ether oxygens (including phenoxy) is 2. The summed E-state index contributed by atoms with van der Waals surface area (Å²) < 4.78 is 10.7. The Balaban J connectivity index is 2.06. The fraction of sp³-hybridized carbons (Fsp3) is 0.500. The zero-order valence-electron chi connectivity index (χ0n) is 11.3. The van der Waals surface area contributed by atoms with Gasteiger partial charge in [-0.2, -0.15) is 0 Å². The van der Waals surface area contributed by atoms with E-state index < -0.39 is 0 Å². The van der Waals surface area contributed by atoms with Crippen LogP contribution in [0.3, 0.4) is 0 Å². The van der Waals surface area contributed by atoms with Crippen molar-refractivity contribution in [2.24, 2.45) is 0 Å². The smallest absolute Gasteiger partial charge is 0.255 e. The lowest BCUT2D eigenvalue weighted by Crippen LogP contribution is -2.40. The molecule has 1 aromatic carbocycles. The summed E-state index contributed by atoms with van der Waals surface area (Å²) in [5, 5.41) is 2.95. The number of nitrogens with two attached hydrogens (primary N) is 1. The lowest BCUT2D eigenvalue weighted by Gasteiger charge is -2.20. The van der Waals surface area contributed by atoms with Crippen molar-refractivity contribution in [1.29, 1.82) is 0 Å². The van der Waals surface area contributed by atoms with Crippen LogP contribution in [0.2, 0.25) is 0 Å². The van der Waals surface area contributed by atoms with Crippen molar-refractivity contribution in [2.75, 3.05) is 19.5 Å². The van der Waals surface area contributed by atoms with E-state index in [1.165, 1.54) is 7.11 Å². The van der Waals surface area contributed by atoms with Gasteiger partial charge in [0.05, 0.1) is 24.8 Å². The maximum Gasteiger partial charge on any atom is 0.255 e. The Bertz CT molecular complexity index is 456. The minimum Gasteiger partial charge on any atom is -0.496 e. The number of hydrogen-bond donors (Lipinski definition) is 2. The van der Waals surface area contributed by atoms with Crippen molar-refractivity contribution < 1.29 is 14.3 Å². The summed E-state index contributed by atoms with van der Waals surface area (Å²) in [6.07, 6.45) is 2.14. The number of carbonyl (C=O) groups is 1. The number of rotatable bonds is 4. The highest BCUT2D eigenvalue weighted by atomic mass is 16.5. The first kappa shape index (κ1) is 13.7. The van der Waals surface area contributed by atoms with Crippen LogP contribution in [0.15, 0.2) is 18.2 Å². The molecule has 5 heteroatoms. The first-order chi connectivity index (χ1) is 9.11. The molecule has 0 aromatic heterocycles. The van der Waals surface area contributed by atoms with Crippen molar-refractivity contribution in [3.63, 3.8) is 0 Å². The fourth-order valence-corrected chi connectivity index (χ4v) is 2.27. The molecular weight excluding hydrogens is 244 g/mol. The summed E-state index contributed by atoms with van der Waals surface area (Å²) in [6.45, 7) is 2.73. The van der Waals surface area contributed by atoms with E-state index >= 15 is 0 Å². The second-order valence-electron chi connectivity index (χ2n) is 4.77. The number of nitrogens with one attached hydrogen (secondary N) is 1. The third-order valence-corrected chi connectivity index (χ3v) is 3.35. The first-order valence-corrected chi connectivity index (χ1v) is 6.48. The highest BCUT2D eigenvalue weighted by molar-refractivity contribution is 5.97. The number of hydrogen-bond acceptors (Lipinski definition) is 4. The third kappa shape index (κ3) is 3.17. The Morgan fingerprint density at radius 3 is 3.00 bits per heavy atom. The van der Waals surface area contributed by atoms with Gasteiger partial charge in [-0.3, -0.25) is 4.79 Å². The summed E-state index contributed by atoms with van der Waals surface area (Å²) in [6, 6.07) is 4.99. The third-order valence-electron chi connectivity index (χ3n) is 3.35. The van der Waals surface area contributed by atoms with Gasteiger partial charge in [-0.15, -0.1) is 0 Å². The summed E-state index contributed by atoms with van der Waals surface area (Å²) >= 11 is 0. The maximum atomic E-state index is 12.2. The number of carbonyl (C=O) groups excluding carboxylic acids is 1. The summed E-state index contributed by atoms with van der Waals surface area (Å²) in [5.41, 5.74) is 6.73. The van der Waals surface area contributed by atoms with Gasteiger partial charge in [-0.05, 0) is 31.9 Å². The summed E-state index contributed by atoms with van der Waals surface area (Å²) in [7, 11) is 1.52. The molecule has 104 valence electrons. The minimum atomic E-state index is -0.167. The van der Waals surface area contributed by atoms with E-state index in [0.29, 0.717) is 17.0 Å². The Kier molecular flexibility index (Phi) is 4.27. The Morgan fingerprint density at radius 2 is 2.37 bits per heavy atom. The van der Waals surface area contributed by atoms with Crippen LogP contribution >= 0.6 is 0 Å². The zero-order chi connectivity index (χ0) is 13.8. The standard InChI is InChI=1S/C14H20N2O3/c1-9(12-4-3-7-19-12)16-14(17)11-6-5-10(15)8-13(11)18-2/h5-6,8-9,12H,3-4,7,15H2,1-2H3,(H,16,17). The van der Waals surface area contributed by atoms with Crippen molar-refractivity contribution in [2.45, 2.75) is 31.9 Å². The molecule has 2 rings (SSSR count). The molecule has 1 fully saturated rings. The van der Waals surface area contributed by atoms with E-state index in [2.05, 4.69) is 5.32 Å². The van der Waals surface area contributed by atoms with Gasteiger partial charge in [0.15, 0.2) is 0 Å². The van der Waals surface area contributed by atoms with E-state index in [9.17, 15) is 4.79 Å². The molecule has 0 spiro atoms. The minimum absolute atomic E-state index is 0.0164. The molecule has 1 aromatic rings. The predicted molar refractivity (Wildman–Crippen MR) is 73.3 cm³/mol. The Morgan fingerprint density at radius 1 is 1.58 bits per heavy atom. The second-order valence-corrected chi connectivity index (χ2v) is 4.77. The van der Waals surface area contributed by atoms with Gasteiger partial charge < -0.3 is 20.5 Å². The SMILES string of the molecule is COc1cc(N)ccc1C(=O)NC(C)C1CCCO1. The molecule has 1 aliphatic rings. The molecule has 1 heterocycles. The van der Waals surface area contributed by atoms with Crippen LogP contribution in [0.1, 0.15) is 30.1 Å². The van der Waals surface area contributed by atoms with E-state index in [4.69, 9.17) is 15.2 Å². The molecule has 19 heavy (non-hydrogen) atoms. The number of benzene rings is 1. The van der Waals surface area contributed by atoms with Crippen molar-refractivity contribution in [1.82, 2.24) is 5.32 Å². The molecule has 2 atom stereocenters. The largest absolute Gasteiger partial charge is 0.496 e. The number of amides is 1. The quantitative estimate of drug-likeness (QED) is 0.810. The molecular formula is C14H20N2O3. The predicted octanol–water partition coefficient (Wildman–Crippen LogP) is 1.57. The summed E-state index contributed by atoms with van der Waals surface area (Å²) in [5.74, 6) is 0.317. The van der Waals surface area contributed by atoms with Gasteiger partial charge in [0.1, 0.15) is 5.75 Å². The van der Waals surface area contributed by atoms with Crippen LogP contribution in [-0.4, -0.2) is 31.8 Å². The topological polar surface area (TPSA) is 73.6 Å². The number of methoxy groups -OCH3 is 1. The zero-order valence-corrected chi connectivity index (χ0v) is 11.3. The molecule has 3 N–H and O–H groups in total. The van der Waals surface area contributed by atoms with Crippen LogP contribution in [0.25, 0.3) is 0 Å². The molecule has 0 saturated carbocycles. The highest BCUT2D eigenvalue weighted by Crippen LogP contribution is 2.22. The average molecular weight is 264 g/mol. The number of nitrogen functional groups attached to an aromatic ring is 1. The molecule has 0 radical (unpaired) electrons. The molecule has 0 bridgehead atoms. The van der Waals surface area contributed by atoms with Crippen LogP contribution in [0.4, 0.5) is 5.69 Å². The molecule has 5 nitrogen and oxygen atoms in total. The Hall–Kier alpha value is -1.75. The van der Waals surface area contributed by atoms with E-state index in [-0.39, 0.29) is 18.1 Å². The van der Waals surface area contributed by atoms with Gasteiger partial charge in [-0.1, -0.05) is 0 Å². The molecule has 1 saturated heterocycles. The van der Waals surface area contributed by atoms with Gasteiger partial charge in [0.25, 0.3) is 5.91 Å². The Labute approximate surface area is 113 Å². The molecule has 0 aliphatic carbocycles. The fourth-order valence-electron chi connectivity index (χ4n) is 2.27. The lowest BCUT2D eigenvalue weighted by molar-refractivity contribution is 0.0710. The summed E-state index contributed by atoms with van der Waals surface area (Å²) in [4.78, 5) is 12.2. The van der Waals surface area contributed by atoms with Crippen molar-refractivity contribution in [3.05, 3.63) is 23.8 Å². The van der Waals surface area contributed by atoms with Gasteiger partial charge in [0, 0.05) is 18.4 Å². The molecule has 1 amide bonds. The highest BCUT2D eigenvalue weighted by Gasteiger charge is 2.24. The normalized spacial score (nSPS) is 20.0. The van der Waals surface area contributed by atoms with Crippen molar-refractivity contribution >= 4 is 11.6 Å². The van der Waals surface area contributed by atoms with Gasteiger partial charge >= 0.3 is 0 Å². The van der Waals surface area contributed by atoms with E-state index in [1.807, 2.05) is 6.92 Å². The van der Waals surface area contributed by atoms with Crippen LogP contribution in [0.5, 0.6) is 5.75 Å². The second kappa shape index (κ2) is 5.93. The van der Waals surface area contributed by atoms with Crippen LogP contribution < -0.4 is 15.8 Å². The monoisotopic (exact) mass is 264 g/mol. The van der Waals surface area contributed by atoms with E-state index in [0.717, 1.165) is 19.4 Å². The van der Waals surface area contributed by atoms with E-state index in [1.54, 1.807) is 18.2 Å². The lowest BCUT2D eigenvalue weighted by atomic mass is 10.1. The van der Waals surface area contributed by atoms with Gasteiger partial charge in [0.2, 0.25) is 0 Å².